The summed E-state index contributed by atoms with van der Waals surface area (Å²) in [5.41, 5.74) is 1.48. The molecule has 0 N–H and O–H groups in total. The van der Waals surface area contributed by atoms with E-state index in [1.807, 2.05) is 13.8 Å². The highest BCUT2D eigenvalue weighted by molar-refractivity contribution is 5.74. The fraction of sp³-hybridized carbons (Fsp3) is 0.333. The Kier molecular flexibility index (Phi) is 1.76. The summed E-state index contributed by atoms with van der Waals surface area (Å²) in [6, 6.07) is 4.76. The standard InChI is InChI=1S/C9H10FN3/c1-6(2)13-9-4-3-7(10)5-8(9)11-12-13/h3-6H,1-2H3. The van der Waals surface area contributed by atoms with Crippen LogP contribution in [0.3, 0.4) is 0 Å². The first kappa shape index (κ1) is 8.16. The summed E-state index contributed by atoms with van der Waals surface area (Å²) >= 11 is 0. The Bertz CT molecular complexity index is 433. The lowest BCUT2D eigenvalue weighted by Gasteiger charge is -2.04. The maximum atomic E-state index is 12.8. The van der Waals surface area contributed by atoms with E-state index in [1.54, 1.807) is 10.7 Å². The molecule has 3 nitrogen and oxygen atoms in total. The van der Waals surface area contributed by atoms with Gasteiger partial charge in [-0.2, -0.15) is 0 Å². The third-order valence-corrected chi connectivity index (χ3v) is 1.92. The van der Waals surface area contributed by atoms with Crippen LogP contribution in [0.4, 0.5) is 4.39 Å². The van der Waals surface area contributed by atoms with Gasteiger partial charge in [0.05, 0.1) is 5.52 Å². The van der Waals surface area contributed by atoms with Crippen molar-refractivity contribution < 1.29 is 4.39 Å². The van der Waals surface area contributed by atoms with Gasteiger partial charge in [-0.1, -0.05) is 5.21 Å². The van der Waals surface area contributed by atoms with E-state index in [1.165, 1.54) is 12.1 Å². The van der Waals surface area contributed by atoms with E-state index in [2.05, 4.69) is 10.3 Å². The Morgan fingerprint density at radius 3 is 2.85 bits per heavy atom. The van der Waals surface area contributed by atoms with Gasteiger partial charge >= 0.3 is 0 Å². The normalized spacial score (nSPS) is 11.4. The lowest BCUT2D eigenvalue weighted by Crippen LogP contribution is -2.02. The van der Waals surface area contributed by atoms with Crippen molar-refractivity contribution in [1.29, 1.82) is 0 Å². The first-order valence-corrected chi connectivity index (χ1v) is 4.19. The Morgan fingerprint density at radius 1 is 1.38 bits per heavy atom. The highest BCUT2D eigenvalue weighted by Crippen LogP contribution is 2.15. The zero-order valence-electron chi connectivity index (χ0n) is 7.53. The molecule has 1 aromatic carbocycles. The molecular weight excluding hydrogens is 169 g/mol. The third-order valence-electron chi connectivity index (χ3n) is 1.92. The van der Waals surface area contributed by atoms with E-state index in [9.17, 15) is 4.39 Å². The number of benzene rings is 1. The van der Waals surface area contributed by atoms with Crippen LogP contribution in [0.25, 0.3) is 11.0 Å². The molecule has 0 fully saturated rings. The lowest BCUT2D eigenvalue weighted by molar-refractivity contribution is 0.530. The molecule has 1 aromatic heterocycles. The minimum Gasteiger partial charge on any atom is -0.242 e. The van der Waals surface area contributed by atoms with Gasteiger partial charge in [0.15, 0.2) is 0 Å². The number of aromatic nitrogens is 3. The smallest absolute Gasteiger partial charge is 0.125 e. The summed E-state index contributed by atoms with van der Waals surface area (Å²) in [5.74, 6) is -0.275. The second-order valence-electron chi connectivity index (χ2n) is 3.26. The van der Waals surface area contributed by atoms with Crippen molar-refractivity contribution in [1.82, 2.24) is 15.0 Å². The van der Waals surface area contributed by atoms with Crippen molar-refractivity contribution in [3.63, 3.8) is 0 Å². The predicted octanol–water partition coefficient (Wildman–Crippen LogP) is 2.15. The quantitative estimate of drug-likeness (QED) is 0.671. The summed E-state index contributed by atoms with van der Waals surface area (Å²) in [6.45, 7) is 4.02. The topological polar surface area (TPSA) is 30.7 Å². The fourth-order valence-electron chi connectivity index (χ4n) is 1.30. The summed E-state index contributed by atoms with van der Waals surface area (Å²) in [7, 11) is 0. The molecule has 0 aliphatic rings. The first-order chi connectivity index (χ1) is 6.18. The summed E-state index contributed by atoms with van der Waals surface area (Å²) < 4.78 is 14.5. The molecule has 68 valence electrons. The minimum absolute atomic E-state index is 0.246. The zero-order chi connectivity index (χ0) is 9.42. The van der Waals surface area contributed by atoms with Crippen molar-refractivity contribution in [2.24, 2.45) is 0 Å². The number of nitrogens with zero attached hydrogens (tertiary/aromatic N) is 3. The largest absolute Gasteiger partial charge is 0.242 e. The molecule has 0 aliphatic carbocycles. The molecule has 0 unspecified atom stereocenters. The molecule has 0 bridgehead atoms. The molecule has 0 amide bonds. The van der Waals surface area contributed by atoms with E-state index < -0.39 is 0 Å². The maximum Gasteiger partial charge on any atom is 0.125 e. The van der Waals surface area contributed by atoms with Crippen LogP contribution in [0.15, 0.2) is 18.2 Å². The van der Waals surface area contributed by atoms with Crippen LogP contribution < -0.4 is 0 Å². The number of halogens is 1. The number of hydrogen-bond donors (Lipinski definition) is 0. The molecule has 2 aromatic rings. The highest BCUT2D eigenvalue weighted by Gasteiger charge is 2.07. The van der Waals surface area contributed by atoms with Gasteiger partial charge in [-0.05, 0) is 26.0 Å². The van der Waals surface area contributed by atoms with Crippen LogP contribution in [0.1, 0.15) is 19.9 Å². The lowest BCUT2D eigenvalue weighted by atomic mass is 10.3. The molecule has 0 aliphatic heterocycles. The molecule has 4 heteroatoms. The minimum atomic E-state index is -0.275. The van der Waals surface area contributed by atoms with Crippen LogP contribution in [0.2, 0.25) is 0 Å². The summed E-state index contributed by atoms with van der Waals surface area (Å²) in [6.07, 6.45) is 0. The van der Waals surface area contributed by atoms with Crippen molar-refractivity contribution in [3.8, 4) is 0 Å². The van der Waals surface area contributed by atoms with E-state index in [0.717, 1.165) is 5.52 Å². The monoisotopic (exact) mass is 179 g/mol. The van der Waals surface area contributed by atoms with Crippen molar-refractivity contribution in [3.05, 3.63) is 24.0 Å². The van der Waals surface area contributed by atoms with Gasteiger partial charge in [0.1, 0.15) is 11.3 Å². The van der Waals surface area contributed by atoms with E-state index in [0.29, 0.717) is 5.52 Å². The van der Waals surface area contributed by atoms with Gasteiger partial charge in [-0.25, -0.2) is 9.07 Å². The van der Waals surface area contributed by atoms with Gasteiger partial charge in [-0.3, -0.25) is 0 Å². The summed E-state index contributed by atoms with van der Waals surface area (Å²) in [5, 5.41) is 7.81. The average molecular weight is 179 g/mol. The van der Waals surface area contributed by atoms with E-state index in [-0.39, 0.29) is 11.9 Å². The molecular formula is C9H10FN3. The van der Waals surface area contributed by atoms with Crippen molar-refractivity contribution in [2.75, 3.05) is 0 Å². The van der Waals surface area contributed by atoms with Gasteiger partial charge in [0, 0.05) is 12.1 Å². The fourth-order valence-corrected chi connectivity index (χ4v) is 1.30. The Morgan fingerprint density at radius 2 is 2.15 bits per heavy atom. The van der Waals surface area contributed by atoms with Crippen LogP contribution in [-0.2, 0) is 0 Å². The number of rotatable bonds is 1. The molecule has 2 rings (SSSR count). The SMILES string of the molecule is CC(C)n1nnc2cc(F)ccc21. The summed E-state index contributed by atoms with van der Waals surface area (Å²) in [4.78, 5) is 0. The molecule has 13 heavy (non-hydrogen) atoms. The second-order valence-corrected chi connectivity index (χ2v) is 3.26. The van der Waals surface area contributed by atoms with Crippen LogP contribution in [0.5, 0.6) is 0 Å². The van der Waals surface area contributed by atoms with Gasteiger partial charge in [-0.15, -0.1) is 5.10 Å². The Balaban J connectivity index is 2.69. The molecule has 1 heterocycles. The average Bonchev–Trinajstić information content (AvgIpc) is 2.46. The second kappa shape index (κ2) is 2.80. The highest BCUT2D eigenvalue weighted by atomic mass is 19.1. The third kappa shape index (κ3) is 1.28. The molecule has 0 spiro atoms. The van der Waals surface area contributed by atoms with Crippen molar-refractivity contribution in [2.45, 2.75) is 19.9 Å². The van der Waals surface area contributed by atoms with Gasteiger partial charge in [0.2, 0.25) is 0 Å². The first-order valence-electron chi connectivity index (χ1n) is 4.19. The molecule has 0 radical (unpaired) electrons. The zero-order valence-corrected chi connectivity index (χ0v) is 7.53. The molecule has 0 saturated heterocycles. The number of hydrogen-bond acceptors (Lipinski definition) is 2. The maximum absolute atomic E-state index is 12.8. The number of fused-ring (bicyclic) bond motifs is 1. The Labute approximate surface area is 75.2 Å². The van der Waals surface area contributed by atoms with Crippen molar-refractivity contribution >= 4 is 11.0 Å². The van der Waals surface area contributed by atoms with E-state index in [4.69, 9.17) is 0 Å². The van der Waals surface area contributed by atoms with Gasteiger partial charge < -0.3 is 0 Å². The van der Waals surface area contributed by atoms with E-state index >= 15 is 0 Å². The Hall–Kier alpha value is -1.45. The van der Waals surface area contributed by atoms with Crippen LogP contribution in [-0.4, -0.2) is 15.0 Å². The molecule has 0 atom stereocenters. The molecule has 0 saturated carbocycles. The predicted molar refractivity (Wildman–Crippen MR) is 47.9 cm³/mol. The van der Waals surface area contributed by atoms with Crippen LogP contribution >= 0.6 is 0 Å². The van der Waals surface area contributed by atoms with Gasteiger partial charge in [0.25, 0.3) is 0 Å². The van der Waals surface area contributed by atoms with Crippen LogP contribution in [0, 0.1) is 5.82 Å².